The number of urea groups is 1. The van der Waals surface area contributed by atoms with E-state index in [1.54, 1.807) is 18.2 Å². The van der Waals surface area contributed by atoms with Gasteiger partial charge in [-0.1, -0.05) is 41.4 Å². The van der Waals surface area contributed by atoms with E-state index in [-0.39, 0.29) is 6.03 Å². The van der Waals surface area contributed by atoms with Gasteiger partial charge in [0.1, 0.15) is 0 Å². The SMILES string of the molecule is Cc1ccccc1N1CCN(C(=O)Nc2ccc(Cl)c(Cl)c2)CC1. The molecule has 2 amide bonds. The van der Waals surface area contributed by atoms with Crippen LogP contribution in [0.25, 0.3) is 0 Å². The summed E-state index contributed by atoms with van der Waals surface area (Å²) in [7, 11) is 0. The van der Waals surface area contributed by atoms with Gasteiger partial charge >= 0.3 is 6.03 Å². The third-order valence-corrected chi connectivity index (χ3v) is 4.93. The first-order valence-electron chi connectivity index (χ1n) is 7.86. The highest BCUT2D eigenvalue weighted by atomic mass is 35.5. The molecule has 1 N–H and O–H groups in total. The van der Waals surface area contributed by atoms with Crippen molar-refractivity contribution in [2.75, 3.05) is 36.4 Å². The van der Waals surface area contributed by atoms with Gasteiger partial charge in [0.2, 0.25) is 0 Å². The number of hydrogen-bond acceptors (Lipinski definition) is 2. The van der Waals surface area contributed by atoms with Gasteiger partial charge in [0.05, 0.1) is 10.0 Å². The summed E-state index contributed by atoms with van der Waals surface area (Å²) in [6.45, 7) is 5.11. The van der Waals surface area contributed by atoms with E-state index in [0.717, 1.165) is 13.1 Å². The lowest BCUT2D eigenvalue weighted by Gasteiger charge is -2.36. The monoisotopic (exact) mass is 363 g/mol. The van der Waals surface area contributed by atoms with E-state index in [1.807, 2.05) is 17.0 Å². The Bertz CT molecular complexity index is 743. The Morgan fingerprint density at radius 1 is 1.00 bits per heavy atom. The molecule has 1 aliphatic heterocycles. The molecule has 1 saturated heterocycles. The number of nitrogens with one attached hydrogen (secondary N) is 1. The molecule has 126 valence electrons. The minimum atomic E-state index is -0.113. The smallest absolute Gasteiger partial charge is 0.321 e. The molecule has 0 aliphatic carbocycles. The van der Waals surface area contributed by atoms with Crippen molar-refractivity contribution in [1.82, 2.24) is 4.90 Å². The number of carbonyl (C=O) groups excluding carboxylic acids is 1. The molecule has 0 bridgehead atoms. The first kappa shape index (κ1) is 16.9. The number of aryl methyl sites for hydroxylation is 1. The fraction of sp³-hybridized carbons (Fsp3) is 0.278. The summed E-state index contributed by atoms with van der Waals surface area (Å²) in [5, 5.41) is 3.77. The molecule has 3 rings (SSSR count). The van der Waals surface area contributed by atoms with Crippen LogP contribution < -0.4 is 10.2 Å². The van der Waals surface area contributed by atoms with Gasteiger partial charge in [-0.3, -0.25) is 0 Å². The van der Waals surface area contributed by atoms with E-state index in [2.05, 4.69) is 29.3 Å². The van der Waals surface area contributed by atoms with Crippen molar-refractivity contribution in [3.8, 4) is 0 Å². The summed E-state index contributed by atoms with van der Waals surface area (Å²) < 4.78 is 0. The number of para-hydroxylation sites is 1. The molecule has 1 fully saturated rings. The molecule has 6 heteroatoms. The maximum atomic E-state index is 12.4. The Labute approximate surface area is 152 Å². The van der Waals surface area contributed by atoms with E-state index in [1.165, 1.54) is 11.3 Å². The number of amides is 2. The molecule has 0 radical (unpaired) electrons. The molecule has 0 saturated carbocycles. The summed E-state index contributed by atoms with van der Waals surface area (Å²) in [6.07, 6.45) is 0. The van der Waals surface area contributed by atoms with Crippen LogP contribution in [-0.2, 0) is 0 Å². The Kier molecular flexibility index (Phi) is 5.17. The lowest BCUT2D eigenvalue weighted by molar-refractivity contribution is 0.208. The predicted molar refractivity (Wildman–Crippen MR) is 100 cm³/mol. The number of halogens is 2. The van der Waals surface area contributed by atoms with Crippen LogP contribution in [0.15, 0.2) is 42.5 Å². The second-order valence-electron chi connectivity index (χ2n) is 5.82. The highest BCUT2D eigenvalue weighted by Gasteiger charge is 2.22. The van der Waals surface area contributed by atoms with E-state index >= 15 is 0 Å². The van der Waals surface area contributed by atoms with Gasteiger partial charge in [0.25, 0.3) is 0 Å². The molecular weight excluding hydrogens is 345 g/mol. The first-order valence-corrected chi connectivity index (χ1v) is 8.62. The van der Waals surface area contributed by atoms with E-state index < -0.39 is 0 Å². The quantitative estimate of drug-likeness (QED) is 0.842. The van der Waals surface area contributed by atoms with Crippen LogP contribution in [0.2, 0.25) is 10.0 Å². The van der Waals surface area contributed by atoms with Gasteiger partial charge in [-0.25, -0.2) is 4.79 Å². The minimum absolute atomic E-state index is 0.113. The molecule has 1 aliphatic rings. The Morgan fingerprint density at radius 3 is 2.38 bits per heavy atom. The number of benzene rings is 2. The van der Waals surface area contributed by atoms with Gasteiger partial charge < -0.3 is 15.1 Å². The van der Waals surface area contributed by atoms with Crippen molar-refractivity contribution in [3.05, 3.63) is 58.1 Å². The van der Waals surface area contributed by atoms with Gasteiger partial charge in [0.15, 0.2) is 0 Å². The van der Waals surface area contributed by atoms with Crippen molar-refractivity contribution < 1.29 is 4.79 Å². The van der Waals surface area contributed by atoms with E-state index in [4.69, 9.17) is 23.2 Å². The average Bonchev–Trinajstić information content (AvgIpc) is 2.59. The third kappa shape index (κ3) is 3.77. The molecule has 0 spiro atoms. The highest BCUT2D eigenvalue weighted by Crippen LogP contribution is 2.25. The summed E-state index contributed by atoms with van der Waals surface area (Å²) in [5.74, 6) is 0. The van der Waals surface area contributed by atoms with Crippen molar-refractivity contribution in [3.63, 3.8) is 0 Å². The minimum Gasteiger partial charge on any atom is -0.368 e. The van der Waals surface area contributed by atoms with Crippen LogP contribution in [0.4, 0.5) is 16.2 Å². The lowest BCUT2D eigenvalue weighted by atomic mass is 10.1. The van der Waals surface area contributed by atoms with Gasteiger partial charge in [-0.05, 0) is 36.8 Å². The molecular formula is C18H19Cl2N3O. The highest BCUT2D eigenvalue weighted by molar-refractivity contribution is 6.42. The maximum absolute atomic E-state index is 12.4. The van der Waals surface area contributed by atoms with E-state index in [0.29, 0.717) is 28.8 Å². The molecule has 1 heterocycles. The Hall–Kier alpha value is -1.91. The van der Waals surface area contributed by atoms with Crippen LogP contribution in [0.5, 0.6) is 0 Å². The second kappa shape index (κ2) is 7.32. The fourth-order valence-corrected chi connectivity index (χ4v) is 3.14. The number of piperazine rings is 1. The molecule has 2 aromatic carbocycles. The zero-order chi connectivity index (χ0) is 17.1. The Morgan fingerprint density at radius 2 is 1.71 bits per heavy atom. The van der Waals surface area contributed by atoms with Gasteiger partial charge in [-0.15, -0.1) is 0 Å². The van der Waals surface area contributed by atoms with Gasteiger partial charge in [0, 0.05) is 37.6 Å². The standard InChI is InChI=1S/C18H19Cl2N3O/c1-13-4-2-3-5-17(13)22-8-10-23(11-9-22)18(24)21-14-6-7-15(19)16(20)12-14/h2-7,12H,8-11H2,1H3,(H,21,24). The van der Waals surface area contributed by atoms with Crippen molar-refractivity contribution in [2.45, 2.75) is 6.92 Å². The summed E-state index contributed by atoms with van der Waals surface area (Å²) in [5.41, 5.74) is 3.14. The maximum Gasteiger partial charge on any atom is 0.321 e. The molecule has 0 atom stereocenters. The number of nitrogens with zero attached hydrogens (tertiary/aromatic N) is 2. The summed E-state index contributed by atoms with van der Waals surface area (Å²) >= 11 is 11.9. The van der Waals surface area contributed by atoms with Crippen molar-refractivity contribution in [2.24, 2.45) is 0 Å². The molecule has 0 unspecified atom stereocenters. The number of rotatable bonds is 2. The largest absolute Gasteiger partial charge is 0.368 e. The number of anilines is 2. The van der Waals surface area contributed by atoms with Crippen LogP contribution in [0.3, 0.4) is 0 Å². The second-order valence-corrected chi connectivity index (χ2v) is 6.63. The van der Waals surface area contributed by atoms with Crippen LogP contribution >= 0.6 is 23.2 Å². The van der Waals surface area contributed by atoms with Crippen LogP contribution in [-0.4, -0.2) is 37.1 Å². The molecule has 2 aromatic rings. The first-order chi connectivity index (χ1) is 11.5. The lowest BCUT2D eigenvalue weighted by Crippen LogP contribution is -2.50. The van der Waals surface area contributed by atoms with Crippen molar-refractivity contribution in [1.29, 1.82) is 0 Å². The summed E-state index contributed by atoms with van der Waals surface area (Å²) in [4.78, 5) is 16.5. The fourth-order valence-electron chi connectivity index (χ4n) is 2.85. The zero-order valence-corrected chi connectivity index (χ0v) is 14.9. The average molecular weight is 364 g/mol. The van der Waals surface area contributed by atoms with Crippen LogP contribution in [0, 0.1) is 6.92 Å². The molecule has 24 heavy (non-hydrogen) atoms. The molecule has 0 aromatic heterocycles. The number of carbonyl (C=O) groups is 1. The van der Waals surface area contributed by atoms with E-state index in [9.17, 15) is 4.79 Å². The summed E-state index contributed by atoms with van der Waals surface area (Å²) in [6, 6.07) is 13.3. The topological polar surface area (TPSA) is 35.6 Å². The third-order valence-electron chi connectivity index (χ3n) is 4.19. The molecule has 4 nitrogen and oxygen atoms in total. The zero-order valence-electron chi connectivity index (χ0n) is 13.4. The number of hydrogen-bond donors (Lipinski definition) is 1. The van der Waals surface area contributed by atoms with Crippen molar-refractivity contribution >= 4 is 40.6 Å². The Balaban J connectivity index is 1.59. The predicted octanol–water partition coefficient (Wildman–Crippen LogP) is 4.66. The van der Waals surface area contributed by atoms with Crippen LogP contribution in [0.1, 0.15) is 5.56 Å². The normalized spacial score (nSPS) is 14.6. The van der Waals surface area contributed by atoms with Gasteiger partial charge in [-0.2, -0.15) is 0 Å².